The zero-order chi connectivity index (χ0) is 12.7. The van der Waals surface area contributed by atoms with Crippen molar-refractivity contribution in [3.8, 4) is 0 Å². The van der Waals surface area contributed by atoms with Crippen molar-refractivity contribution in [3.63, 3.8) is 0 Å². The van der Waals surface area contributed by atoms with Crippen molar-refractivity contribution in [3.05, 3.63) is 0 Å². The molecule has 96 valence electrons. The first kappa shape index (κ1) is 12.7. The highest BCUT2D eigenvalue weighted by atomic mass is 16.1. The van der Waals surface area contributed by atoms with E-state index in [9.17, 15) is 9.59 Å². The summed E-state index contributed by atoms with van der Waals surface area (Å²) in [4.78, 5) is 23.0. The van der Waals surface area contributed by atoms with Crippen LogP contribution in [0.2, 0.25) is 0 Å². The van der Waals surface area contributed by atoms with E-state index in [0.717, 1.165) is 25.4 Å². The van der Waals surface area contributed by atoms with Gasteiger partial charge in [0.15, 0.2) is 0 Å². The molecule has 2 saturated carbocycles. The lowest BCUT2D eigenvalue weighted by Gasteiger charge is -2.31. The third kappa shape index (κ3) is 1.44. The van der Waals surface area contributed by atoms with Crippen LogP contribution in [0.3, 0.4) is 0 Å². The van der Waals surface area contributed by atoms with Crippen LogP contribution in [0, 0.1) is 22.7 Å². The second kappa shape index (κ2) is 4.20. The van der Waals surface area contributed by atoms with Crippen LogP contribution in [-0.2, 0) is 9.59 Å². The normalized spacial score (nSPS) is 44.1. The van der Waals surface area contributed by atoms with Gasteiger partial charge in [0.1, 0.15) is 12.6 Å². The summed E-state index contributed by atoms with van der Waals surface area (Å²) in [6.07, 6.45) is 7.78. The van der Waals surface area contributed by atoms with E-state index in [1.165, 1.54) is 19.3 Å². The Morgan fingerprint density at radius 3 is 2.18 bits per heavy atom. The number of nitrogens with two attached hydrogens (primary N) is 1. The number of hydrogen-bond acceptors (Lipinski definition) is 3. The summed E-state index contributed by atoms with van der Waals surface area (Å²) >= 11 is 0. The van der Waals surface area contributed by atoms with Gasteiger partial charge in [-0.1, -0.05) is 26.2 Å². The van der Waals surface area contributed by atoms with E-state index in [1.54, 1.807) is 0 Å². The van der Waals surface area contributed by atoms with Crippen molar-refractivity contribution in [1.29, 1.82) is 0 Å². The molecule has 0 radical (unpaired) electrons. The summed E-state index contributed by atoms with van der Waals surface area (Å²) in [5.74, 6) is 0.190. The Labute approximate surface area is 103 Å². The molecule has 3 nitrogen and oxygen atoms in total. The molecule has 3 heteroatoms. The second-order valence-electron chi connectivity index (χ2n) is 6.07. The fraction of sp³-hybridized carbons (Fsp3) is 0.857. The molecule has 0 aliphatic heterocycles. The van der Waals surface area contributed by atoms with Crippen LogP contribution in [0.15, 0.2) is 0 Å². The smallest absolute Gasteiger partial charge is 0.127 e. The number of carbonyl (C=O) groups is 2. The number of carbonyl (C=O) groups excluding carboxylic acids is 2. The largest absolute Gasteiger partial charge is 0.327 e. The van der Waals surface area contributed by atoms with E-state index in [1.807, 2.05) is 13.8 Å². The predicted molar refractivity (Wildman–Crippen MR) is 66.4 cm³/mol. The average Bonchev–Trinajstić information content (AvgIpc) is 2.92. The molecular weight excluding hydrogens is 214 g/mol. The maximum atomic E-state index is 11.7. The maximum absolute atomic E-state index is 11.7. The topological polar surface area (TPSA) is 60.2 Å². The zero-order valence-corrected chi connectivity index (χ0v) is 10.8. The van der Waals surface area contributed by atoms with E-state index in [4.69, 9.17) is 5.73 Å². The third-order valence-corrected chi connectivity index (χ3v) is 5.57. The molecule has 4 unspecified atom stereocenters. The van der Waals surface area contributed by atoms with Gasteiger partial charge in [-0.3, -0.25) is 0 Å². The molecule has 2 rings (SSSR count). The first-order valence-corrected chi connectivity index (χ1v) is 6.73. The van der Waals surface area contributed by atoms with Gasteiger partial charge in [-0.25, -0.2) is 0 Å². The highest BCUT2D eigenvalue weighted by Gasteiger charge is 2.77. The van der Waals surface area contributed by atoms with E-state index >= 15 is 0 Å². The van der Waals surface area contributed by atoms with Crippen molar-refractivity contribution in [1.82, 2.24) is 0 Å². The van der Waals surface area contributed by atoms with E-state index < -0.39 is 5.41 Å². The van der Waals surface area contributed by atoms with Gasteiger partial charge in [0, 0.05) is 22.8 Å². The fourth-order valence-corrected chi connectivity index (χ4v) is 4.24. The quantitative estimate of drug-likeness (QED) is 0.760. The van der Waals surface area contributed by atoms with E-state index in [2.05, 4.69) is 0 Å². The lowest BCUT2D eigenvalue weighted by Crippen LogP contribution is -2.35. The van der Waals surface area contributed by atoms with Crippen LogP contribution in [0.5, 0.6) is 0 Å². The molecule has 0 amide bonds. The van der Waals surface area contributed by atoms with Crippen LogP contribution in [-0.4, -0.2) is 18.6 Å². The summed E-state index contributed by atoms with van der Waals surface area (Å²) in [5.41, 5.74) is 5.25. The van der Waals surface area contributed by atoms with E-state index in [0.29, 0.717) is 5.92 Å². The Morgan fingerprint density at radius 2 is 1.82 bits per heavy atom. The molecule has 2 aliphatic rings. The Hall–Kier alpha value is -0.700. The van der Waals surface area contributed by atoms with E-state index in [-0.39, 0.29) is 17.4 Å². The van der Waals surface area contributed by atoms with Gasteiger partial charge >= 0.3 is 0 Å². The van der Waals surface area contributed by atoms with Gasteiger partial charge in [0.2, 0.25) is 0 Å². The molecule has 0 saturated heterocycles. The Kier molecular flexibility index (Phi) is 3.15. The fourth-order valence-electron chi connectivity index (χ4n) is 4.24. The van der Waals surface area contributed by atoms with Crippen LogP contribution >= 0.6 is 0 Å². The highest BCUT2D eigenvalue weighted by Crippen LogP contribution is 2.73. The monoisotopic (exact) mass is 237 g/mol. The van der Waals surface area contributed by atoms with Crippen LogP contribution in [0.25, 0.3) is 0 Å². The Morgan fingerprint density at radius 1 is 1.24 bits per heavy atom. The minimum atomic E-state index is -0.469. The number of rotatable bonds is 4. The molecule has 0 heterocycles. The molecule has 4 atom stereocenters. The van der Waals surface area contributed by atoms with Crippen LogP contribution in [0.4, 0.5) is 0 Å². The van der Waals surface area contributed by atoms with Gasteiger partial charge < -0.3 is 15.3 Å². The first-order chi connectivity index (χ1) is 8.05. The molecule has 2 aliphatic carbocycles. The molecule has 0 aromatic carbocycles. The molecule has 17 heavy (non-hydrogen) atoms. The van der Waals surface area contributed by atoms with Crippen LogP contribution < -0.4 is 5.73 Å². The SMILES string of the molecule is CC(N)C1(C)C(C=O)C1(C=O)C1CCCCC1. The van der Waals surface area contributed by atoms with Crippen molar-refractivity contribution < 1.29 is 9.59 Å². The summed E-state index contributed by atoms with van der Waals surface area (Å²) in [5, 5.41) is 0. The Balaban J connectivity index is 2.31. The van der Waals surface area contributed by atoms with Gasteiger partial charge in [-0.05, 0) is 25.7 Å². The lowest BCUT2D eigenvalue weighted by atomic mass is 9.73. The van der Waals surface area contributed by atoms with Crippen molar-refractivity contribution in [2.24, 2.45) is 28.4 Å². The second-order valence-corrected chi connectivity index (χ2v) is 6.07. The molecular formula is C14H23NO2. The highest BCUT2D eigenvalue weighted by molar-refractivity contribution is 5.80. The summed E-state index contributed by atoms with van der Waals surface area (Å²) in [7, 11) is 0. The third-order valence-electron chi connectivity index (χ3n) is 5.57. The minimum absolute atomic E-state index is 0.107. The number of hydrogen-bond donors (Lipinski definition) is 1. The standard InChI is InChI=1S/C14H23NO2/c1-10(15)13(2)12(8-16)14(13,9-17)11-6-4-3-5-7-11/h8-12H,3-7,15H2,1-2H3. The molecule has 0 bridgehead atoms. The predicted octanol–water partition coefficient (Wildman–Crippen LogP) is 1.93. The molecule has 0 spiro atoms. The van der Waals surface area contributed by atoms with Crippen LogP contribution in [0.1, 0.15) is 46.0 Å². The molecule has 0 aromatic heterocycles. The maximum Gasteiger partial charge on any atom is 0.127 e. The first-order valence-electron chi connectivity index (χ1n) is 6.73. The van der Waals surface area contributed by atoms with Gasteiger partial charge in [0.25, 0.3) is 0 Å². The van der Waals surface area contributed by atoms with Crippen molar-refractivity contribution in [2.75, 3.05) is 0 Å². The minimum Gasteiger partial charge on any atom is -0.327 e. The lowest BCUT2D eigenvalue weighted by molar-refractivity contribution is -0.118. The average molecular weight is 237 g/mol. The van der Waals surface area contributed by atoms with Crippen molar-refractivity contribution in [2.45, 2.75) is 52.0 Å². The molecule has 2 N–H and O–H groups in total. The summed E-state index contributed by atoms with van der Waals surface area (Å²) in [6.45, 7) is 3.93. The zero-order valence-electron chi connectivity index (χ0n) is 10.8. The van der Waals surface area contributed by atoms with Gasteiger partial charge in [0.05, 0.1) is 0 Å². The summed E-state index contributed by atoms with van der Waals surface area (Å²) in [6, 6.07) is -0.107. The van der Waals surface area contributed by atoms with Gasteiger partial charge in [-0.2, -0.15) is 0 Å². The summed E-state index contributed by atoms with van der Waals surface area (Å²) < 4.78 is 0. The molecule has 2 fully saturated rings. The van der Waals surface area contributed by atoms with Gasteiger partial charge in [-0.15, -0.1) is 0 Å². The number of aldehydes is 2. The van der Waals surface area contributed by atoms with Crippen molar-refractivity contribution >= 4 is 12.6 Å². The Bertz CT molecular complexity index is 322. The molecule has 0 aromatic rings.